The fourth-order valence-corrected chi connectivity index (χ4v) is 5.14. The number of hydrogen-bond acceptors (Lipinski definition) is 5. The maximum atomic E-state index is 13.2. The van der Waals surface area contributed by atoms with Crippen molar-refractivity contribution in [2.24, 2.45) is 0 Å². The zero-order valence-corrected chi connectivity index (χ0v) is 16.7. The Kier molecular flexibility index (Phi) is 4.49. The summed E-state index contributed by atoms with van der Waals surface area (Å²) >= 11 is 1.82. The second-order valence-corrected chi connectivity index (χ2v) is 8.38. The van der Waals surface area contributed by atoms with Gasteiger partial charge in [-0.05, 0) is 18.7 Å². The van der Waals surface area contributed by atoms with E-state index in [0.29, 0.717) is 5.56 Å². The Hall–Kier alpha value is -2.50. The number of rotatable bonds is 2. The normalized spacial score (nSPS) is 16.5. The molecule has 142 valence electrons. The SMILES string of the molecule is CN1CCN(c2c3c(oc(=O)c2-c2ccccc2)-c2ccccc2SC3)CC1. The van der Waals surface area contributed by atoms with Crippen molar-refractivity contribution in [2.45, 2.75) is 10.6 Å². The van der Waals surface area contributed by atoms with E-state index in [1.807, 2.05) is 54.2 Å². The lowest BCUT2D eigenvalue weighted by atomic mass is 9.98. The molecule has 0 spiro atoms. The average Bonchev–Trinajstić information content (AvgIpc) is 2.74. The number of hydrogen-bond donors (Lipinski definition) is 0. The van der Waals surface area contributed by atoms with E-state index >= 15 is 0 Å². The topological polar surface area (TPSA) is 36.7 Å². The summed E-state index contributed by atoms with van der Waals surface area (Å²) in [4.78, 5) is 19.1. The molecule has 1 fully saturated rings. The van der Waals surface area contributed by atoms with Crippen LogP contribution in [0.15, 0.2) is 68.7 Å². The number of thioether (sulfide) groups is 1. The van der Waals surface area contributed by atoms with Crippen LogP contribution in [0.5, 0.6) is 0 Å². The van der Waals surface area contributed by atoms with Gasteiger partial charge in [-0.2, -0.15) is 0 Å². The minimum atomic E-state index is -0.249. The van der Waals surface area contributed by atoms with E-state index in [-0.39, 0.29) is 5.63 Å². The Balaban J connectivity index is 1.77. The van der Waals surface area contributed by atoms with Crippen LogP contribution >= 0.6 is 11.8 Å². The summed E-state index contributed by atoms with van der Waals surface area (Å²) < 4.78 is 5.96. The first kappa shape index (κ1) is 17.6. The maximum absolute atomic E-state index is 13.2. The third-order valence-electron chi connectivity index (χ3n) is 5.58. The standard InChI is InChI=1S/C23H22N2O2S/c1-24-11-13-25(14-12-24)21-18-15-28-19-10-6-5-9-17(19)22(18)27-23(26)20(21)16-7-3-2-4-8-16/h2-10H,11-15H2,1H3. The molecule has 2 aliphatic heterocycles. The molecule has 0 aliphatic carbocycles. The van der Waals surface area contributed by atoms with Crippen molar-refractivity contribution in [2.75, 3.05) is 38.1 Å². The molecule has 1 aromatic heterocycles. The van der Waals surface area contributed by atoms with Gasteiger partial charge in [0.25, 0.3) is 0 Å². The minimum absolute atomic E-state index is 0.249. The molecule has 0 saturated carbocycles. The van der Waals surface area contributed by atoms with E-state index in [4.69, 9.17) is 4.42 Å². The third-order valence-corrected chi connectivity index (χ3v) is 6.68. The zero-order chi connectivity index (χ0) is 19.1. The van der Waals surface area contributed by atoms with E-state index < -0.39 is 0 Å². The van der Waals surface area contributed by atoms with Crippen LogP contribution in [-0.4, -0.2) is 38.1 Å². The molecule has 0 unspecified atom stereocenters. The predicted octanol–water partition coefficient (Wildman–Crippen LogP) is 4.33. The van der Waals surface area contributed by atoms with Crippen LogP contribution in [0.2, 0.25) is 0 Å². The molecule has 0 bridgehead atoms. The molecule has 0 atom stereocenters. The van der Waals surface area contributed by atoms with Crippen LogP contribution in [0.1, 0.15) is 5.56 Å². The molecule has 28 heavy (non-hydrogen) atoms. The van der Waals surface area contributed by atoms with Gasteiger partial charge in [0.1, 0.15) is 5.76 Å². The van der Waals surface area contributed by atoms with Crippen LogP contribution in [0.3, 0.4) is 0 Å². The highest BCUT2D eigenvalue weighted by atomic mass is 32.2. The van der Waals surface area contributed by atoms with Crippen LogP contribution < -0.4 is 10.5 Å². The molecule has 2 aromatic carbocycles. The van der Waals surface area contributed by atoms with Gasteiger partial charge in [0.05, 0.1) is 11.3 Å². The largest absolute Gasteiger partial charge is 0.422 e. The molecule has 5 heteroatoms. The van der Waals surface area contributed by atoms with Crippen molar-refractivity contribution in [1.29, 1.82) is 0 Å². The summed E-state index contributed by atoms with van der Waals surface area (Å²) in [6.45, 7) is 3.82. The highest BCUT2D eigenvalue weighted by Crippen LogP contribution is 2.46. The van der Waals surface area contributed by atoms with Crippen molar-refractivity contribution in [3.05, 3.63) is 70.6 Å². The van der Waals surface area contributed by atoms with E-state index in [2.05, 4.69) is 29.0 Å². The summed E-state index contributed by atoms with van der Waals surface area (Å²) in [5.74, 6) is 1.56. The summed E-state index contributed by atoms with van der Waals surface area (Å²) in [5.41, 5.74) is 4.61. The van der Waals surface area contributed by atoms with Crippen molar-refractivity contribution < 1.29 is 4.42 Å². The molecule has 1 saturated heterocycles. The van der Waals surface area contributed by atoms with E-state index in [1.165, 1.54) is 4.90 Å². The lowest BCUT2D eigenvalue weighted by Crippen LogP contribution is -2.45. The number of likely N-dealkylation sites (N-methyl/N-ethyl adjacent to an activating group) is 1. The van der Waals surface area contributed by atoms with Gasteiger partial charge in [-0.3, -0.25) is 0 Å². The van der Waals surface area contributed by atoms with Gasteiger partial charge >= 0.3 is 5.63 Å². The molecule has 4 nitrogen and oxygen atoms in total. The summed E-state index contributed by atoms with van der Waals surface area (Å²) in [5, 5.41) is 0. The Morgan fingerprint density at radius 1 is 0.929 bits per heavy atom. The van der Waals surface area contributed by atoms with Gasteiger partial charge in [-0.25, -0.2) is 4.79 Å². The Labute approximate surface area is 168 Å². The fourth-order valence-electron chi connectivity index (χ4n) is 4.08. The lowest BCUT2D eigenvalue weighted by molar-refractivity contribution is 0.312. The first-order valence-electron chi connectivity index (χ1n) is 9.63. The first-order valence-corrected chi connectivity index (χ1v) is 10.6. The summed E-state index contributed by atoms with van der Waals surface area (Å²) in [7, 11) is 2.15. The van der Waals surface area contributed by atoms with Gasteiger partial charge < -0.3 is 14.2 Å². The van der Waals surface area contributed by atoms with Crippen LogP contribution in [0, 0.1) is 0 Å². The average molecular weight is 391 g/mol. The summed E-state index contributed by atoms with van der Waals surface area (Å²) in [6, 6.07) is 18.1. The number of piperazine rings is 1. The smallest absolute Gasteiger partial charge is 0.346 e. The molecule has 3 aromatic rings. The van der Waals surface area contributed by atoms with Crippen molar-refractivity contribution in [3.8, 4) is 22.5 Å². The van der Waals surface area contributed by atoms with E-state index in [0.717, 1.165) is 60.1 Å². The van der Waals surface area contributed by atoms with Gasteiger partial charge in [-0.1, -0.05) is 48.5 Å². The van der Waals surface area contributed by atoms with Gasteiger partial charge in [0.15, 0.2) is 0 Å². The molecule has 0 radical (unpaired) electrons. The van der Waals surface area contributed by atoms with Crippen molar-refractivity contribution in [1.82, 2.24) is 4.90 Å². The van der Waals surface area contributed by atoms with Gasteiger partial charge in [0.2, 0.25) is 0 Å². The molecule has 0 amide bonds. The van der Waals surface area contributed by atoms with Gasteiger partial charge in [0, 0.05) is 48.0 Å². The molecular weight excluding hydrogens is 368 g/mol. The minimum Gasteiger partial charge on any atom is -0.422 e. The highest BCUT2D eigenvalue weighted by molar-refractivity contribution is 7.98. The molecule has 2 aliphatic rings. The quantitative estimate of drug-likeness (QED) is 0.651. The number of benzene rings is 2. The molecule has 3 heterocycles. The van der Waals surface area contributed by atoms with Crippen LogP contribution in [-0.2, 0) is 5.75 Å². The van der Waals surface area contributed by atoms with E-state index in [9.17, 15) is 4.79 Å². The van der Waals surface area contributed by atoms with Crippen molar-refractivity contribution in [3.63, 3.8) is 0 Å². The molecule has 0 N–H and O–H groups in total. The zero-order valence-electron chi connectivity index (χ0n) is 15.9. The van der Waals surface area contributed by atoms with Crippen LogP contribution in [0.25, 0.3) is 22.5 Å². The Morgan fingerprint density at radius 2 is 1.64 bits per heavy atom. The fraction of sp³-hybridized carbons (Fsp3) is 0.261. The Bertz CT molecular complexity index is 1070. The van der Waals surface area contributed by atoms with E-state index in [1.54, 1.807) is 0 Å². The maximum Gasteiger partial charge on any atom is 0.346 e. The molecule has 5 rings (SSSR count). The van der Waals surface area contributed by atoms with Crippen LogP contribution in [0.4, 0.5) is 5.69 Å². The summed E-state index contributed by atoms with van der Waals surface area (Å²) in [6.07, 6.45) is 0. The first-order chi connectivity index (χ1) is 13.7. The van der Waals surface area contributed by atoms with Crippen molar-refractivity contribution >= 4 is 17.4 Å². The monoisotopic (exact) mass is 390 g/mol. The third kappa shape index (κ3) is 2.95. The second-order valence-electron chi connectivity index (χ2n) is 7.36. The lowest BCUT2D eigenvalue weighted by Gasteiger charge is -2.37. The second kappa shape index (κ2) is 7.15. The Morgan fingerprint density at radius 3 is 2.43 bits per heavy atom. The highest BCUT2D eigenvalue weighted by Gasteiger charge is 2.30. The predicted molar refractivity (Wildman–Crippen MR) is 115 cm³/mol. The van der Waals surface area contributed by atoms with Gasteiger partial charge in [-0.15, -0.1) is 11.8 Å². The number of fused-ring (bicyclic) bond motifs is 3. The number of nitrogens with zero attached hydrogens (tertiary/aromatic N) is 2. The number of anilines is 1. The molecular formula is C23H22N2O2S.